The summed E-state index contributed by atoms with van der Waals surface area (Å²) in [6.45, 7) is 2.98. The van der Waals surface area contributed by atoms with Gasteiger partial charge >= 0.3 is 6.09 Å². The SMILES string of the molecule is Cc1cnc(Oc2cccc(C=C3CCN(C(=O)O)CC3)c2)cn1. The molecule has 1 aliphatic rings. The average molecular weight is 325 g/mol. The molecule has 1 aliphatic heterocycles. The molecule has 1 amide bonds. The van der Waals surface area contributed by atoms with Crippen LogP contribution in [0.15, 0.2) is 42.2 Å². The maximum atomic E-state index is 10.9. The summed E-state index contributed by atoms with van der Waals surface area (Å²) in [6, 6.07) is 7.74. The van der Waals surface area contributed by atoms with Crippen LogP contribution in [-0.2, 0) is 0 Å². The van der Waals surface area contributed by atoms with Gasteiger partial charge in [-0.05, 0) is 37.5 Å². The first-order valence-electron chi connectivity index (χ1n) is 7.84. The van der Waals surface area contributed by atoms with E-state index < -0.39 is 6.09 Å². The zero-order chi connectivity index (χ0) is 16.9. The molecule has 2 aromatic rings. The van der Waals surface area contributed by atoms with Gasteiger partial charge in [0.05, 0.1) is 18.1 Å². The molecule has 1 fully saturated rings. The van der Waals surface area contributed by atoms with Gasteiger partial charge in [-0.15, -0.1) is 0 Å². The zero-order valence-corrected chi connectivity index (χ0v) is 13.5. The molecule has 0 radical (unpaired) electrons. The van der Waals surface area contributed by atoms with Crippen LogP contribution in [0.4, 0.5) is 4.79 Å². The molecule has 0 saturated carbocycles. The van der Waals surface area contributed by atoms with Crippen molar-refractivity contribution in [1.82, 2.24) is 14.9 Å². The monoisotopic (exact) mass is 325 g/mol. The molecule has 3 rings (SSSR count). The van der Waals surface area contributed by atoms with E-state index >= 15 is 0 Å². The first kappa shape index (κ1) is 16.0. The normalized spacial score (nSPS) is 14.4. The van der Waals surface area contributed by atoms with Crippen molar-refractivity contribution in [2.24, 2.45) is 0 Å². The summed E-state index contributed by atoms with van der Waals surface area (Å²) in [5.41, 5.74) is 3.12. The Labute approximate surface area is 140 Å². The summed E-state index contributed by atoms with van der Waals surface area (Å²) < 4.78 is 5.72. The quantitative estimate of drug-likeness (QED) is 0.930. The topological polar surface area (TPSA) is 75.5 Å². The zero-order valence-electron chi connectivity index (χ0n) is 13.5. The number of aromatic nitrogens is 2. The van der Waals surface area contributed by atoms with Crippen LogP contribution in [0, 0.1) is 6.92 Å². The molecule has 2 heterocycles. The molecule has 24 heavy (non-hydrogen) atoms. The van der Waals surface area contributed by atoms with E-state index in [2.05, 4.69) is 16.0 Å². The Morgan fingerprint density at radius 1 is 1.25 bits per heavy atom. The van der Waals surface area contributed by atoms with Crippen LogP contribution in [0.25, 0.3) is 6.08 Å². The first-order chi connectivity index (χ1) is 11.6. The molecule has 0 unspecified atom stereocenters. The van der Waals surface area contributed by atoms with Crippen LogP contribution >= 0.6 is 0 Å². The number of nitrogens with zero attached hydrogens (tertiary/aromatic N) is 3. The number of likely N-dealkylation sites (tertiary alicyclic amines) is 1. The Bertz CT molecular complexity index is 746. The molecule has 0 aliphatic carbocycles. The van der Waals surface area contributed by atoms with Crippen molar-refractivity contribution in [2.75, 3.05) is 13.1 Å². The summed E-state index contributed by atoms with van der Waals surface area (Å²) in [7, 11) is 0. The Morgan fingerprint density at radius 2 is 2.04 bits per heavy atom. The van der Waals surface area contributed by atoms with Gasteiger partial charge in [0.2, 0.25) is 5.88 Å². The highest BCUT2D eigenvalue weighted by molar-refractivity contribution is 5.65. The highest BCUT2D eigenvalue weighted by Crippen LogP contribution is 2.24. The molecule has 1 saturated heterocycles. The second-order valence-corrected chi connectivity index (χ2v) is 5.74. The third kappa shape index (κ3) is 4.10. The molecule has 124 valence electrons. The number of carbonyl (C=O) groups is 1. The standard InChI is InChI=1S/C18H19N3O3/c1-13-11-20-17(12-19-13)24-16-4-2-3-15(10-16)9-14-5-7-21(8-6-14)18(22)23/h2-4,9-12H,5-8H2,1H3,(H,22,23). The maximum Gasteiger partial charge on any atom is 0.407 e. The third-order valence-electron chi connectivity index (χ3n) is 3.88. The summed E-state index contributed by atoms with van der Waals surface area (Å²) in [5.74, 6) is 1.16. The van der Waals surface area contributed by atoms with E-state index in [9.17, 15) is 4.79 Å². The van der Waals surface area contributed by atoms with E-state index in [-0.39, 0.29) is 0 Å². The molecule has 0 bridgehead atoms. The van der Waals surface area contributed by atoms with Crippen LogP contribution in [0.2, 0.25) is 0 Å². The Balaban J connectivity index is 1.68. The summed E-state index contributed by atoms with van der Waals surface area (Å²) in [4.78, 5) is 20.7. The van der Waals surface area contributed by atoms with Gasteiger partial charge in [0.25, 0.3) is 0 Å². The fourth-order valence-corrected chi connectivity index (χ4v) is 2.59. The number of amides is 1. The predicted molar refractivity (Wildman–Crippen MR) is 90.1 cm³/mol. The summed E-state index contributed by atoms with van der Waals surface area (Å²) in [6.07, 6.45) is 6.05. The van der Waals surface area contributed by atoms with E-state index in [0.717, 1.165) is 24.1 Å². The van der Waals surface area contributed by atoms with E-state index in [1.165, 1.54) is 10.5 Å². The molecule has 1 N–H and O–H groups in total. The lowest BCUT2D eigenvalue weighted by Crippen LogP contribution is -2.35. The minimum Gasteiger partial charge on any atom is -0.465 e. The highest BCUT2D eigenvalue weighted by atomic mass is 16.5. The smallest absolute Gasteiger partial charge is 0.407 e. The van der Waals surface area contributed by atoms with E-state index in [0.29, 0.717) is 24.7 Å². The van der Waals surface area contributed by atoms with Crippen LogP contribution in [0.3, 0.4) is 0 Å². The minimum absolute atomic E-state index is 0.458. The fourth-order valence-electron chi connectivity index (χ4n) is 2.59. The van der Waals surface area contributed by atoms with Gasteiger partial charge in [-0.25, -0.2) is 9.78 Å². The molecule has 6 heteroatoms. The molecule has 0 atom stereocenters. The van der Waals surface area contributed by atoms with Crippen molar-refractivity contribution in [1.29, 1.82) is 0 Å². The van der Waals surface area contributed by atoms with Crippen molar-refractivity contribution in [3.63, 3.8) is 0 Å². The van der Waals surface area contributed by atoms with E-state index in [1.54, 1.807) is 12.4 Å². The van der Waals surface area contributed by atoms with Gasteiger partial charge in [0.15, 0.2) is 0 Å². The molecule has 0 spiro atoms. The molecular weight excluding hydrogens is 306 g/mol. The summed E-state index contributed by atoms with van der Waals surface area (Å²) in [5, 5.41) is 8.99. The lowest BCUT2D eigenvalue weighted by molar-refractivity contribution is 0.142. The lowest BCUT2D eigenvalue weighted by Gasteiger charge is -2.25. The van der Waals surface area contributed by atoms with Crippen LogP contribution in [-0.4, -0.2) is 39.2 Å². The van der Waals surface area contributed by atoms with Crippen LogP contribution < -0.4 is 4.74 Å². The largest absolute Gasteiger partial charge is 0.465 e. The number of piperidine rings is 1. The van der Waals surface area contributed by atoms with Crippen LogP contribution in [0.5, 0.6) is 11.6 Å². The van der Waals surface area contributed by atoms with Crippen molar-refractivity contribution in [2.45, 2.75) is 19.8 Å². The number of rotatable bonds is 3. The van der Waals surface area contributed by atoms with Gasteiger partial charge in [-0.2, -0.15) is 0 Å². The minimum atomic E-state index is -0.844. The highest BCUT2D eigenvalue weighted by Gasteiger charge is 2.17. The summed E-state index contributed by atoms with van der Waals surface area (Å²) >= 11 is 0. The fraction of sp³-hybridized carbons (Fsp3) is 0.278. The Morgan fingerprint density at radius 3 is 2.71 bits per heavy atom. The number of benzene rings is 1. The Kier molecular flexibility index (Phi) is 4.74. The van der Waals surface area contributed by atoms with Gasteiger partial charge < -0.3 is 14.7 Å². The number of carboxylic acid groups (broad SMARTS) is 1. The number of hydrogen-bond acceptors (Lipinski definition) is 4. The van der Waals surface area contributed by atoms with E-state index in [4.69, 9.17) is 9.84 Å². The van der Waals surface area contributed by atoms with E-state index in [1.807, 2.05) is 31.2 Å². The van der Waals surface area contributed by atoms with Crippen LogP contribution in [0.1, 0.15) is 24.1 Å². The van der Waals surface area contributed by atoms with Crippen molar-refractivity contribution >= 4 is 12.2 Å². The van der Waals surface area contributed by atoms with Gasteiger partial charge in [0, 0.05) is 13.1 Å². The third-order valence-corrected chi connectivity index (χ3v) is 3.88. The molecule has 1 aromatic heterocycles. The second kappa shape index (κ2) is 7.12. The van der Waals surface area contributed by atoms with Crippen molar-refractivity contribution in [3.05, 3.63) is 53.5 Å². The maximum absolute atomic E-state index is 10.9. The average Bonchev–Trinajstić information content (AvgIpc) is 2.58. The lowest BCUT2D eigenvalue weighted by atomic mass is 10.0. The van der Waals surface area contributed by atoms with Gasteiger partial charge in [-0.1, -0.05) is 23.8 Å². The molecular formula is C18H19N3O3. The number of ether oxygens (including phenoxy) is 1. The van der Waals surface area contributed by atoms with Gasteiger partial charge in [0.1, 0.15) is 5.75 Å². The first-order valence-corrected chi connectivity index (χ1v) is 7.84. The number of aryl methyl sites for hydroxylation is 1. The van der Waals surface area contributed by atoms with Crippen molar-refractivity contribution in [3.8, 4) is 11.6 Å². The van der Waals surface area contributed by atoms with Crippen molar-refractivity contribution < 1.29 is 14.6 Å². The predicted octanol–water partition coefficient (Wildman–Crippen LogP) is 3.73. The molecule has 1 aromatic carbocycles. The Hall–Kier alpha value is -2.89. The number of hydrogen-bond donors (Lipinski definition) is 1. The second-order valence-electron chi connectivity index (χ2n) is 5.74. The van der Waals surface area contributed by atoms with Gasteiger partial charge in [-0.3, -0.25) is 4.98 Å². The molecule has 6 nitrogen and oxygen atoms in total.